The van der Waals surface area contributed by atoms with Gasteiger partial charge >= 0.3 is 0 Å². The third-order valence-electron chi connectivity index (χ3n) is 3.37. The molecule has 21 heavy (non-hydrogen) atoms. The average Bonchev–Trinajstić information content (AvgIpc) is 2.79. The van der Waals surface area contributed by atoms with E-state index in [4.69, 9.17) is 22.1 Å². The van der Waals surface area contributed by atoms with Crippen LogP contribution in [-0.2, 0) is 6.54 Å². The molecule has 3 rings (SSSR count). The van der Waals surface area contributed by atoms with Gasteiger partial charge in [0.25, 0.3) is 0 Å². The Hall–Kier alpha value is -2.27. The highest BCUT2D eigenvalue weighted by Crippen LogP contribution is 2.29. The molecule has 1 heterocycles. The summed E-state index contributed by atoms with van der Waals surface area (Å²) in [5.74, 6) is 0.487. The lowest BCUT2D eigenvalue weighted by Crippen LogP contribution is -2.06. The fraction of sp³-hybridized carbons (Fsp3) is 0.133. The normalized spacial score (nSPS) is 11.0. The zero-order chi connectivity index (χ0) is 15.0. The van der Waals surface area contributed by atoms with Gasteiger partial charge in [0.05, 0.1) is 19.2 Å². The first-order valence-corrected chi connectivity index (χ1v) is 6.71. The van der Waals surface area contributed by atoms with Crippen LogP contribution in [0.15, 0.2) is 36.4 Å². The second-order valence-corrected chi connectivity index (χ2v) is 4.99. The third-order valence-corrected chi connectivity index (χ3v) is 3.73. The number of imidazole rings is 1. The summed E-state index contributed by atoms with van der Waals surface area (Å²) in [5, 5.41) is 0.562. The zero-order valence-corrected chi connectivity index (χ0v) is 12.1. The molecule has 2 N–H and O–H groups in total. The molecule has 108 valence electrons. The van der Waals surface area contributed by atoms with Crippen LogP contribution in [0.5, 0.6) is 5.75 Å². The van der Waals surface area contributed by atoms with Gasteiger partial charge in [-0.05, 0) is 24.3 Å². The van der Waals surface area contributed by atoms with E-state index in [1.54, 1.807) is 35.9 Å². The molecule has 0 aliphatic carbocycles. The van der Waals surface area contributed by atoms with E-state index < -0.39 is 5.82 Å². The lowest BCUT2D eigenvalue weighted by atomic mass is 10.2. The highest BCUT2D eigenvalue weighted by atomic mass is 35.5. The van der Waals surface area contributed by atoms with Crippen molar-refractivity contribution in [1.29, 1.82) is 0 Å². The van der Waals surface area contributed by atoms with Crippen LogP contribution < -0.4 is 10.5 Å². The number of rotatable bonds is 3. The number of hydrogen-bond acceptors (Lipinski definition) is 3. The Morgan fingerprint density at radius 2 is 2.05 bits per heavy atom. The molecule has 4 nitrogen and oxygen atoms in total. The number of nitrogen functional groups attached to an aromatic ring is 1. The first kappa shape index (κ1) is 13.7. The van der Waals surface area contributed by atoms with Crippen LogP contribution in [-0.4, -0.2) is 16.7 Å². The molecule has 6 heteroatoms. The van der Waals surface area contributed by atoms with Crippen molar-refractivity contribution >= 4 is 28.6 Å². The Labute approximate surface area is 125 Å². The highest BCUT2D eigenvalue weighted by molar-refractivity contribution is 6.31. The fourth-order valence-corrected chi connectivity index (χ4v) is 2.56. The minimum absolute atomic E-state index is 0.233. The van der Waals surface area contributed by atoms with Gasteiger partial charge in [-0.15, -0.1) is 0 Å². The van der Waals surface area contributed by atoms with Crippen molar-refractivity contribution in [3.8, 4) is 5.75 Å². The summed E-state index contributed by atoms with van der Waals surface area (Å²) in [6.07, 6.45) is 0. The molecule has 0 unspecified atom stereocenters. The van der Waals surface area contributed by atoms with Crippen molar-refractivity contribution < 1.29 is 9.13 Å². The minimum Gasteiger partial charge on any atom is -0.496 e. The summed E-state index contributed by atoms with van der Waals surface area (Å²) in [5.41, 5.74) is 7.56. The number of ether oxygens (including phenoxy) is 1. The number of fused-ring (bicyclic) bond motifs is 1. The number of para-hydroxylation sites is 1. The fourth-order valence-electron chi connectivity index (χ4n) is 2.34. The number of nitrogens with two attached hydrogens (primary N) is 1. The van der Waals surface area contributed by atoms with Crippen molar-refractivity contribution in [2.45, 2.75) is 6.54 Å². The van der Waals surface area contributed by atoms with Crippen molar-refractivity contribution in [1.82, 2.24) is 9.55 Å². The average molecular weight is 306 g/mol. The summed E-state index contributed by atoms with van der Waals surface area (Å²) in [7, 11) is 1.57. The molecule has 0 atom stereocenters. The van der Waals surface area contributed by atoms with E-state index in [9.17, 15) is 4.39 Å². The second kappa shape index (κ2) is 5.26. The van der Waals surface area contributed by atoms with Crippen LogP contribution in [0, 0.1) is 5.82 Å². The Kier molecular flexibility index (Phi) is 3.43. The third kappa shape index (κ3) is 2.29. The molecular weight excluding hydrogens is 293 g/mol. The maximum atomic E-state index is 13.8. The molecule has 0 aliphatic heterocycles. The van der Waals surface area contributed by atoms with E-state index in [0.29, 0.717) is 22.8 Å². The summed E-state index contributed by atoms with van der Waals surface area (Å²) in [6, 6.07) is 10.1. The molecule has 0 spiro atoms. The molecule has 0 saturated heterocycles. The SMILES string of the molecule is COc1cccc(Cl)c1Cn1c(N)nc2c(F)cccc21. The smallest absolute Gasteiger partial charge is 0.201 e. The number of methoxy groups -OCH3 is 1. The lowest BCUT2D eigenvalue weighted by molar-refractivity contribution is 0.409. The minimum atomic E-state index is -0.399. The Morgan fingerprint density at radius 1 is 1.29 bits per heavy atom. The van der Waals surface area contributed by atoms with Gasteiger partial charge in [-0.1, -0.05) is 23.7 Å². The summed E-state index contributed by atoms with van der Waals surface area (Å²) in [6.45, 7) is 0.356. The molecule has 3 aromatic rings. The number of anilines is 1. The maximum absolute atomic E-state index is 13.8. The molecule has 0 radical (unpaired) electrons. The van der Waals surface area contributed by atoms with Gasteiger partial charge in [0, 0.05) is 10.6 Å². The number of aromatic nitrogens is 2. The van der Waals surface area contributed by atoms with E-state index >= 15 is 0 Å². The number of halogens is 2. The Morgan fingerprint density at radius 3 is 2.81 bits per heavy atom. The molecule has 1 aromatic heterocycles. The van der Waals surface area contributed by atoms with E-state index in [1.165, 1.54) is 6.07 Å². The second-order valence-electron chi connectivity index (χ2n) is 4.58. The van der Waals surface area contributed by atoms with Gasteiger partial charge in [0.1, 0.15) is 11.3 Å². The van der Waals surface area contributed by atoms with Gasteiger partial charge < -0.3 is 15.0 Å². The topological polar surface area (TPSA) is 53.1 Å². The first-order chi connectivity index (χ1) is 10.1. The number of hydrogen-bond donors (Lipinski definition) is 1. The van der Waals surface area contributed by atoms with E-state index in [2.05, 4.69) is 4.98 Å². The van der Waals surface area contributed by atoms with Crippen LogP contribution in [0.3, 0.4) is 0 Å². The van der Waals surface area contributed by atoms with Crippen molar-refractivity contribution in [2.75, 3.05) is 12.8 Å². The molecule has 0 fully saturated rings. The van der Waals surface area contributed by atoms with Gasteiger partial charge in [-0.3, -0.25) is 0 Å². The van der Waals surface area contributed by atoms with Gasteiger partial charge in [-0.25, -0.2) is 9.37 Å². The van der Waals surface area contributed by atoms with Crippen LogP contribution >= 0.6 is 11.6 Å². The monoisotopic (exact) mass is 305 g/mol. The van der Waals surface area contributed by atoms with E-state index in [1.807, 2.05) is 6.07 Å². The van der Waals surface area contributed by atoms with Gasteiger partial charge in [-0.2, -0.15) is 0 Å². The quantitative estimate of drug-likeness (QED) is 0.806. The predicted molar refractivity (Wildman–Crippen MR) is 81.2 cm³/mol. The standard InChI is InChI=1S/C15H13ClFN3O/c1-21-13-7-2-4-10(16)9(13)8-20-12-6-3-5-11(17)14(12)19-15(20)18/h2-7H,8H2,1H3,(H2,18,19). The van der Waals surface area contributed by atoms with Crippen molar-refractivity contribution in [3.05, 3.63) is 52.8 Å². The van der Waals surface area contributed by atoms with Crippen LogP contribution in [0.1, 0.15) is 5.56 Å². The summed E-state index contributed by atoms with van der Waals surface area (Å²) in [4.78, 5) is 4.08. The van der Waals surface area contributed by atoms with Crippen LogP contribution in [0.4, 0.5) is 10.3 Å². The molecule has 0 saturated carbocycles. The summed E-state index contributed by atoms with van der Waals surface area (Å²) < 4.78 is 20.8. The van der Waals surface area contributed by atoms with Crippen LogP contribution in [0.2, 0.25) is 5.02 Å². The van der Waals surface area contributed by atoms with Crippen molar-refractivity contribution in [2.24, 2.45) is 0 Å². The van der Waals surface area contributed by atoms with Crippen molar-refractivity contribution in [3.63, 3.8) is 0 Å². The molecule has 0 amide bonds. The molecular formula is C15H13ClFN3O. The van der Waals surface area contributed by atoms with E-state index in [-0.39, 0.29) is 11.5 Å². The maximum Gasteiger partial charge on any atom is 0.201 e. The highest BCUT2D eigenvalue weighted by Gasteiger charge is 2.15. The zero-order valence-electron chi connectivity index (χ0n) is 11.3. The van der Waals surface area contributed by atoms with E-state index in [0.717, 1.165) is 5.56 Å². The Balaban J connectivity index is 2.15. The number of nitrogens with zero attached hydrogens (tertiary/aromatic N) is 2. The largest absolute Gasteiger partial charge is 0.496 e. The van der Waals surface area contributed by atoms with Gasteiger partial charge in [0.2, 0.25) is 5.95 Å². The van der Waals surface area contributed by atoms with Gasteiger partial charge in [0.15, 0.2) is 5.82 Å². The first-order valence-electron chi connectivity index (χ1n) is 6.33. The van der Waals surface area contributed by atoms with Crippen LogP contribution in [0.25, 0.3) is 11.0 Å². The molecule has 2 aromatic carbocycles. The lowest BCUT2D eigenvalue weighted by Gasteiger charge is -2.12. The summed E-state index contributed by atoms with van der Waals surface area (Å²) >= 11 is 6.23. The molecule has 0 bridgehead atoms. The molecule has 0 aliphatic rings. The Bertz CT molecular complexity index is 816. The number of benzene rings is 2. The predicted octanol–water partition coefficient (Wildman–Crippen LogP) is 3.47.